The van der Waals surface area contributed by atoms with E-state index < -0.39 is 0 Å². The molecule has 3 atom stereocenters. The second-order valence-corrected chi connectivity index (χ2v) is 4.62. The van der Waals surface area contributed by atoms with Crippen molar-refractivity contribution in [2.45, 2.75) is 37.8 Å². The van der Waals surface area contributed by atoms with Gasteiger partial charge >= 0.3 is 0 Å². The van der Waals surface area contributed by atoms with Crippen molar-refractivity contribution in [3.63, 3.8) is 0 Å². The summed E-state index contributed by atoms with van der Waals surface area (Å²) >= 11 is 0. The molecule has 4 heteroatoms. The van der Waals surface area contributed by atoms with Crippen molar-refractivity contribution in [2.24, 2.45) is 5.92 Å². The summed E-state index contributed by atoms with van der Waals surface area (Å²) in [6, 6.07) is 2.33. The second kappa shape index (κ2) is 4.37. The van der Waals surface area contributed by atoms with Crippen molar-refractivity contribution in [2.75, 3.05) is 11.9 Å². The number of rotatable bonds is 2. The van der Waals surface area contributed by atoms with E-state index in [1.54, 1.807) is 12.4 Å². The minimum Gasteiger partial charge on any atom is -0.378 e. The summed E-state index contributed by atoms with van der Waals surface area (Å²) in [7, 11) is 0. The van der Waals surface area contributed by atoms with E-state index in [0.717, 1.165) is 12.6 Å². The van der Waals surface area contributed by atoms with Crippen LogP contribution < -0.4 is 5.32 Å². The molecule has 0 spiro atoms. The van der Waals surface area contributed by atoms with E-state index in [-0.39, 0.29) is 0 Å². The van der Waals surface area contributed by atoms with E-state index in [2.05, 4.69) is 15.3 Å². The van der Waals surface area contributed by atoms with Crippen LogP contribution in [0, 0.1) is 5.92 Å². The molecule has 1 N–H and O–H groups in total. The van der Waals surface area contributed by atoms with Crippen molar-refractivity contribution < 1.29 is 4.74 Å². The lowest BCUT2D eigenvalue weighted by atomic mass is 9.82. The van der Waals surface area contributed by atoms with Crippen LogP contribution in [0.1, 0.15) is 25.7 Å². The van der Waals surface area contributed by atoms with Crippen LogP contribution >= 0.6 is 0 Å². The summed E-state index contributed by atoms with van der Waals surface area (Å²) in [6.45, 7) is 0.920. The number of hydrogen-bond donors (Lipinski definition) is 1. The predicted octanol–water partition coefficient (Wildman–Crippen LogP) is 1.85. The van der Waals surface area contributed by atoms with Crippen LogP contribution in [0.2, 0.25) is 0 Å². The second-order valence-electron chi connectivity index (χ2n) is 4.62. The Morgan fingerprint density at radius 2 is 2.06 bits per heavy atom. The van der Waals surface area contributed by atoms with Crippen LogP contribution in [0.4, 0.5) is 5.95 Å². The minimum absolute atomic E-state index is 0.468. The standard InChI is InChI=1S/C12H17N3O/c1-3-10(9-5-8-16-11(9)4-1)15-12-13-6-2-7-14-12/h2,6-7,9-11H,1,3-5,8H2,(H,13,14,15). The molecular weight excluding hydrogens is 202 g/mol. The number of ether oxygens (including phenoxy) is 1. The Balaban J connectivity index is 1.70. The Bertz CT molecular complexity index is 343. The molecular formula is C12H17N3O. The quantitative estimate of drug-likeness (QED) is 0.824. The van der Waals surface area contributed by atoms with Crippen LogP contribution in [-0.4, -0.2) is 28.7 Å². The average molecular weight is 219 g/mol. The molecule has 16 heavy (non-hydrogen) atoms. The largest absolute Gasteiger partial charge is 0.378 e. The first-order valence-corrected chi connectivity index (χ1v) is 6.08. The van der Waals surface area contributed by atoms with Gasteiger partial charge in [0.2, 0.25) is 5.95 Å². The third-order valence-corrected chi connectivity index (χ3v) is 3.66. The number of aromatic nitrogens is 2. The predicted molar refractivity (Wildman–Crippen MR) is 61.1 cm³/mol. The Kier molecular flexibility index (Phi) is 2.74. The van der Waals surface area contributed by atoms with E-state index >= 15 is 0 Å². The molecule has 1 saturated carbocycles. The number of nitrogens with one attached hydrogen (secondary N) is 1. The smallest absolute Gasteiger partial charge is 0.222 e. The zero-order valence-corrected chi connectivity index (χ0v) is 9.30. The summed E-state index contributed by atoms with van der Waals surface area (Å²) < 4.78 is 5.74. The van der Waals surface area contributed by atoms with Gasteiger partial charge in [0.25, 0.3) is 0 Å². The number of fused-ring (bicyclic) bond motifs is 1. The van der Waals surface area contributed by atoms with Crippen molar-refractivity contribution >= 4 is 5.95 Å². The molecule has 2 aliphatic rings. The molecule has 0 bridgehead atoms. The third kappa shape index (κ3) is 1.89. The highest BCUT2D eigenvalue weighted by molar-refractivity contribution is 5.25. The highest BCUT2D eigenvalue weighted by Gasteiger charge is 2.37. The molecule has 86 valence electrons. The third-order valence-electron chi connectivity index (χ3n) is 3.66. The Morgan fingerprint density at radius 1 is 1.19 bits per heavy atom. The fourth-order valence-electron chi connectivity index (χ4n) is 2.89. The van der Waals surface area contributed by atoms with Crippen molar-refractivity contribution in [1.29, 1.82) is 0 Å². The molecule has 1 saturated heterocycles. The number of nitrogens with zero attached hydrogens (tertiary/aromatic N) is 2. The molecule has 4 nitrogen and oxygen atoms in total. The molecule has 3 rings (SSSR count). The zero-order valence-electron chi connectivity index (χ0n) is 9.30. The maximum absolute atomic E-state index is 5.74. The normalized spacial score (nSPS) is 33.4. The van der Waals surface area contributed by atoms with Crippen LogP contribution in [0.25, 0.3) is 0 Å². The molecule has 2 fully saturated rings. The fraction of sp³-hybridized carbons (Fsp3) is 0.667. The van der Waals surface area contributed by atoms with Crippen LogP contribution in [0.3, 0.4) is 0 Å². The van der Waals surface area contributed by atoms with Gasteiger partial charge in [0.05, 0.1) is 6.10 Å². The Labute approximate surface area is 95.4 Å². The maximum Gasteiger partial charge on any atom is 0.222 e. The monoisotopic (exact) mass is 219 g/mol. The van der Waals surface area contributed by atoms with E-state index in [4.69, 9.17) is 4.74 Å². The maximum atomic E-state index is 5.74. The topological polar surface area (TPSA) is 47.0 Å². The lowest BCUT2D eigenvalue weighted by Crippen LogP contribution is -2.38. The highest BCUT2D eigenvalue weighted by Crippen LogP contribution is 2.35. The fourth-order valence-corrected chi connectivity index (χ4v) is 2.89. The molecule has 0 radical (unpaired) electrons. The summed E-state index contributed by atoms with van der Waals surface area (Å²) in [4.78, 5) is 8.45. The molecule has 1 aromatic rings. The van der Waals surface area contributed by atoms with Crippen LogP contribution in [0.5, 0.6) is 0 Å². The van der Waals surface area contributed by atoms with Crippen LogP contribution in [0.15, 0.2) is 18.5 Å². The van der Waals surface area contributed by atoms with Crippen molar-refractivity contribution in [3.8, 4) is 0 Å². The molecule has 1 aromatic heterocycles. The first kappa shape index (κ1) is 10.0. The molecule has 3 unspecified atom stereocenters. The highest BCUT2D eigenvalue weighted by atomic mass is 16.5. The average Bonchev–Trinajstić information content (AvgIpc) is 2.80. The van der Waals surface area contributed by atoms with E-state index in [0.29, 0.717) is 18.1 Å². The Hall–Kier alpha value is -1.16. The van der Waals surface area contributed by atoms with Crippen molar-refractivity contribution in [1.82, 2.24) is 9.97 Å². The molecule has 0 aromatic carbocycles. The summed E-state index contributed by atoms with van der Waals surface area (Å²) in [5.74, 6) is 1.40. The van der Waals surface area contributed by atoms with Gasteiger partial charge in [-0.25, -0.2) is 9.97 Å². The van der Waals surface area contributed by atoms with Gasteiger partial charge in [-0.3, -0.25) is 0 Å². The number of anilines is 1. The van der Waals surface area contributed by atoms with Crippen LogP contribution in [-0.2, 0) is 4.74 Å². The molecule has 1 aliphatic carbocycles. The lowest BCUT2D eigenvalue weighted by molar-refractivity contribution is 0.0619. The summed E-state index contributed by atoms with van der Waals surface area (Å²) in [6.07, 6.45) is 8.87. The van der Waals surface area contributed by atoms with Gasteiger partial charge in [-0.1, -0.05) is 0 Å². The first-order valence-electron chi connectivity index (χ1n) is 6.08. The van der Waals surface area contributed by atoms with E-state index in [1.807, 2.05) is 6.07 Å². The van der Waals surface area contributed by atoms with Gasteiger partial charge in [0.15, 0.2) is 0 Å². The SMILES string of the molecule is c1cnc(NC2CCCC3OCCC23)nc1. The van der Waals surface area contributed by atoms with Gasteiger partial charge in [-0.05, 0) is 31.7 Å². The summed E-state index contributed by atoms with van der Waals surface area (Å²) in [5.41, 5.74) is 0. The first-order chi connectivity index (χ1) is 7.93. The van der Waals surface area contributed by atoms with E-state index in [1.165, 1.54) is 25.7 Å². The van der Waals surface area contributed by atoms with Crippen molar-refractivity contribution in [3.05, 3.63) is 18.5 Å². The van der Waals surface area contributed by atoms with Gasteiger partial charge in [-0.2, -0.15) is 0 Å². The number of hydrogen-bond acceptors (Lipinski definition) is 4. The Morgan fingerprint density at radius 3 is 2.94 bits per heavy atom. The lowest BCUT2D eigenvalue weighted by Gasteiger charge is -2.33. The zero-order chi connectivity index (χ0) is 10.8. The van der Waals surface area contributed by atoms with Gasteiger partial charge < -0.3 is 10.1 Å². The molecule has 0 amide bonds. The van der Waals surface area contributed by atoms with E-state index in [9.17, 15) is 0 Å². The minimum atomic E-state index is 0.468. The van der Waals surface area contributed by atoms with Gasteiger partial charge in [0.1, 0.15) is 0 Å². The van der Waals surface area contributed by atoms with Gasteiger partial charge in [-0.15, -0.1) is 0 Å². The molecule has 1 aliphatic heterocycles. The molecule has 2 heterocycles. The van der Waals surface area contributed by atoms with Gasteiger partial charge in [0, 0.05) is 31.0 Å². The summed E-state index contributed by atoms with van der Waals surface area (Å²) in [5, 5.41) is 3.45.